The number of alkyl halides is 6. The SMILES string of the molecule is Cc1cnccc1-c1ccc(CN2CCN(C(=O)OC(C(F)(F)F)C(F)(F)F)CC2)c(F)c1. The van der Waals surface area contributed by atoms with Gasteiger partial charge >= 0.3 is 18.4 Å². The summed E-state index contributed by atoms with van der Waals surface area (Å²) in [4.78, 5) is 18.3. The fraction of sp³-hybridized carbons (Fsp3) is 0.429. The van der Waals surface area contributed by atoms with Gasteiger partial charge in [-0.1, -0.05) is 12.1 Å². The molecule has 0 spiro atoms. The van der Waals surface area contributed by atoms with Gasteiger partial charge in [0.15, 0.2) is 0 Å². The standard InChI is InChI=1S/C21H20F7N3O2/c1-13-11-29-5-4-16(13)14-2-3-15(17(22)10-14)12-30-6-8-31(9-7-30)19(32)33-18(20(23,24)25)21(26,27)28/h2-5,10-11,18H,6-9,12H2,1H3. The lowest BCUT2D eigenvalue weighted by molar-refractivity contribution is -0.308. The number of amides is 1. The molecule has 33 heavy (non-hydrogen) atoms. The van der Waals surface area contributed by atoms with E-state index in [0.717, 1.165) is 16.0 Å². The normalized spacial score (nSPS) is 15.7. The predicted octanol–water partition coefficient (Wildman–Crippen LogP) is 4.94. The Bertz CT molecular complexity index is 973. The molecule has 2 heterocycles. The molecule has 1 aromatic carbocycles. The van der Waals surface area contributed by atoms with Gasteiger partial charge in [0.05, 0.1) is 0 Å². The van der Waals surface area contributed by atoms with E-state index in [2.05, 4.69) is 9.72 Å². The zero-order valence-corrected chi connectivity index (χ0v) is 17.4. The molecule has 0 unspecified atom stereocenters. The molecule has 1 aromatic heterocycles. The third-order valence-electron chi connectivity index (χ3n) is 5.22. The monoisotopic (exact) mass is 479 g/mol. The molecule has 5 nitrogen and oxygen atoms in total. The zero-order valence-electron chi connectivity index (χ0n) is 17.4. The highest BCUT2D eigenvalue weighted by Crippen LogP contribution is 2.36. The first-order valence-electron chi connectivity index (χ1n) is 9.87. The number of ether oxygens (including phenoxy) is 1. The van der Waals surface area contributed by atoms with Crippen LogP contribution in [0.25, 0.3) is 11.1 Å². The number of pyridine rings is 1. The van der Waals surface area contributed by atoms with Crippen LogP contribution in [0.15, 0.2) is 36.7 Å². The van der Waals surface area contributed by atoms with Gasteiger partial charge in [-0.3, -0.25) is 9.88 Å². The third-order valence-corrected chi connectivity index (χ3v) is 5.22. The van der Waals surface area contributed by atoms with E-state index >= 15 is 0 Å². The second-order valence-corrected chi connectivity index (χ2v) is 7.61. The molecule has 0 radical (unpaired) electrons. The summed E-state index contributed by atoms with van der Waals surface area (Å²) in [5.74, 6) is -0.455. The molecule has 0 bridgehead atoms. The van der Waals surface area contributed by atoms with Crippen LogP contribution >= 0.6 is 0 Å². The Balaban J connectivity index is 1.58. The lowest BCUT2D eigenvalue weighted by Crippen LogP contribution is -2.52. The number of hydrogen-bond acceptors (Lipinski definition) is 4. The maximum absolute atomic E-state index is 14.7. The zero-order chi connectivity index (χ0) is 24.4. The first kappa shape index (κ1) is 24.7. The molecule has 0 saturated carbocycles. The van der Waals surface area contributed by atoms with Crippen molar-refractivity contribution >= 4 is 6.09 Å². The molecular weight excluding hydrogens is 459 g/mol. The molecular formula is C21H20F7N3O2. The Hall–Kier alpha value is -2.89. The van der Waals surface area contributed by atoms with Crippen molar-refractivity contribution in [2.24, 2.45) is 0 Å². The summed E-state index contributed by atoms with van der Waals surface area (Å²) < 4.78 is 93.9. The lowest BCUT2D eigenvalue weighted by atomic mass is 10.0. The van der Waals surface area contributed by atoms with E-state index in [-0.39, 0.29) is 32.7 Å². The van der Waals surface area contributed by atoms with E-state index in [1.165, 1.54) is 6.07 Å². The summed E-state index contributed by atoms with van der Waals surface area (Å²) in [6, 6.07) is 6.52. The van der Waals surface area contributed by atoms with Crippen LogP contribution in [-0.4, -0.2) is 65.5 Å². The molecule has 1 amide bonds. The molecule has 2 aromatic rings. The molecule has 0 aliphatic carbocycles. The van der Waals surface area contributed by atoms with Crippen LogP contribution in [0.2, 0.25) is 0 Å². The van der Waals surface area contributed by atoms with Crippen molar-refractivity contribution < 1.29 is 40.3 Å². The summed E-state index contributed by atoms with van der Waals surface area (Å²) in [5.41, 5.74) is 2.76. The number of hydrogen-bond donors (Lipinski definition) is 0. The van der Waals surface area contributed by atoms with Crippen molar-refractivity contribution in [1.82, 2.24) is 14.8 Å². The minimum Gasteiger partial charge on any atom is -0.426 e. The Kier molecular flexibility index (Phi) is 7.15. The molecule has 1 aliphatic heterocycles. The maximum Gasteiger partial charge on any atom is 0.434 e. The van der Waals surface area contributed by atoms with E-state index in [9.17, 15) is 35.5 Å². The quantitative estimate of drug-likeness (QED) is 0.583. The second-order valence-electron chi connectivity index (χ2n) is 7.61. The molecule has 1 saturated heterocycles. The molecule has 0 atom stereocenters. The Morgan fingerprint density at radius 3 is 2.24 bits per heavy atom. The fourth-order valence-electron chi connectivity index (χ4n) is 3.46. The Morgan fingerprint density at radius 2 is 1.70 bits per heavy atom. The van der Waals surface area contributed by atoms with Crippen molar-refractivity contribution in [3.63, 3.8) is 0 Å². The smallest absolute Gasteiger partial charge is 0.426 e. The molecule has 180 valence electrons. The van der Waals surface area contributed by atoms with Crippen LogP contribution in [0.3, 0.4) is 0 Å². The minimum atomic E-state index is -5.77. The third kappa shape index (κ3) is 6.12. The Labute approximate surface area is 184 Å². The van der Waals surface area contributed by atoms with Gasteiger partial charge in [-0.2, -0.15) is 26.3 Å². The van der Waals surface area contributed by atoms with Gasteiger partial charge in [0.2, 0.25) is 0 Å². The van der Waals surface area contributed by atoms with Crippen LogP contribution in [0.1, 0.15) is 11.1 Å². The van der Waals surface area contributed by atoms with E-state index in [1.54, 1.807) is 35.5 Å². The van der Waals surface area contributed by atoms with Gasteiger partial charge in [-0.05, 0) is 35.7 Å². The predicted molar refractivity (Wildman–Crippen MR) is 104 cm³/mol. The number of piperazine rings is 1. The highest BCUT2D eigenvalue weighted by atomic mass is 19.4. The number of aryl methyl sites for hydroxylation is 1. The first-order valence-corrected chi connectivity index (χ1v) is 9.87. The van der Waals surface area contributed by atoms with E-state index in [0.29, 0.717) is 11.1 Å². The van der Waals surface area contributed by atoms with E-state index in [4.69, 9.17) is 0 Å². The molecule has 0 N–H and O–H groups in total. The van der Waals surface area contributed by atoms with Gasteiger partial charge in [-0.15, -0.1) is 0 Å². The summed E-state index contributed by atoms with van der Waals surface area (Å²) >= 11 is 0. The van der Waals surface area contributed by atoms with Gasteiger partial charge in [-0.25, -0.2) is 9.18 Å². The van der Waals surface area contributed by atoms with Gasteiger partial charge < -0.3 is 9.64 Å². The van der Waals surface area contributed by atoms with Gasteiger partial charge in [0.25, 0.3) is 6.10 Å². The largest absolute Gasteiger partial charge is 0.434 e. The second kappa shape index (κ2) is 9.54. The van der Waals surface area contributed by atoms with E-state index < -0.39 is 30.4 Å². The van der Waals surface area contributed by atoms with Crippen molar-refractivity contribution in [2.75, 3.05) is 26.2 Å². The van der Waals surface area contributed by atoms with Gasteiger partial charge in [0.1, 0.15) is 5.82 Å². The molecule has 1 fully saturated rings. The average molecular weight is 479 g/mol. The summed E-state index contributed by atoms with van der Waals surface area (Å²) in [7, 11) is 0. The number of carbonyl (C=O) groups excluding carboxylic acids is 1. The van der Waals surface area contributed by atoms with Crippen molar-refractivity contribution in [3.8, 4) is 11.1 Å². The first-order chi connectivity index (χ1) is 15.4. The average Bonchev–Trinajstić information content (AvgIpc) is 2.72. The van der Waals surface area contributed by atoms with Crippen molar-refractivity contribution in [1.29, 1.82) is 0 Å². The van der Waals surface area contributed by atoms with Crippen LogP contribution in [0, 0.1) is 12.7 Å². The number of nitrogens with zero attached hydrogens (tertiary/aromatic N) is 3. The van der Waals surface area contributed by atoms with Crippen LogP contribution < -0.4 is 0 Å². The highest BCUT2D eigenvalue weighted by Gasteiger charge is 2.60. The fourth-order valence-corrected chi connectivity index (χ4v) is 3.46. The maximum atomic E-state index is 14.7. The summed E-state index contributed by atoms with van der Waals surface area (Å²) in [6.45, 7) is 1.96. The summed E-state index contributed by atoms with van der Waals surface area (Å²) in [6.07, 6.45) is -14.2. The Morgan fingerprint density at radius 1 is 1.06 bits per heavy atom. The van der Waals surface area contributed by atoms with Crippen LogP contribution in [-0.2, 0) is 11.3 Å². The molecule has 12 heteroatoms. The summed E-state index contributed by atoms with van der Waals surface area (Å²) in [5, 5.41) is 0. The number of rotatable bonds is 4. The van der Waals surface area contributed by atoms with Crippen molar-refractivity contribution in [2.45, 2.75) is 31.9 Å². The number of benzene rings is 1. The molecule has 3 rings (SSSR count). The number of carbonyl (C=O) groups is 1. The minimum absolute atomic E-state index is 0.127. The topological polar surface area (TPSA) is 45.7 Å². The van der Waals surface area contributed by atoms with E-state index in [1.807, 2.05) is 6.92 Å². The van der Waals surface area contributed by atoms with Crippen LogP contribution in [0.5, 0.6) is 0 Å². The van der Waals surface area contributed by atoms with Gasteiger partial charge in [0, 0.05) is 50.7 Å². The number of halogens is 7. The van der Waals surface area contributed by atoms with Crippen LogP contribution in [0.4, 0.5) is 35.5 Å². The molecule has 1 aliphatic rings. The lowest BCUT2D eigenvalue weighted by Gasteiger charge is -2.35. The highest BCUT2D eigenvalue weighted by molar-refractivity contribution is 5.68. The van der Waals surface area contributed by atoms with Crippen molar-refractivity contribution in [3.05, 3.63) is 53.6 Å². The number of aromatic nitrogens is 1.